The van der Waals surface area contributed by atoms with E-state index in [0.29, 0.717) is 6.54 Å². The molecular formula is C10H15BrN4O. The zero-order valence-electron chi connectivity index (χ0n) is 9.14. The van der Waals surface area contributed by atoms with Crippen LogP contribution in [0.2, 0.25) is 0 Å². The Morgan fingerprint density at radius 3 is 3.12 bits per heavy atom. The minimum absolute atomic E-state index is 0.0746. The van der Waals surface area contributed by atoms with E-state index < -0.39 is 0 Å². The van der Waals surface area contributed by atoms with E-state index in [9.17, 15) is 0 Å². The van der Waals surface area contributed by atoms with Crippen molar-refractivity contribution in [3.8, 4) is 0 Å². The van der Waals surface area contributed by atoms with Crippen LogP contribution in [0.25, 0.3) is 0 Å². The van der Waals surface area contributed by atoms with Gasteiger partial charge in [-0.25, -0.2) is 9.97 Å². The molecule has 16 heavy (non-hydrogen) atoms. The summed E-state index contributed by atoms with van der Waals surface area (Å²) in [4.78, 5) is 10.4. The van der Waals surface area contributed by atoms with Crippen molar-refractivity contribution in [3.05, 3.63) is 17.0 Å². The lowest BCUT2D eigenvalue weighted by molar-refractivity contribution is -0.0107. The van der Waals surface area contributed by atoms with Crippen molar-refractivity contribution in [2.75, 3.05) is 24.5 Å². The average molecular weight is 287 g/mol. The van der Waals surface area contributed by atoms with Crippen LogP contribution in [-0.2, 0) is 4.74 Å². The molecule has 0 amide bonds. The lowest BCUT2D eigenvalue weighted by atomic mass is 10.2. The van der Waals surface area contributed by atoms with Gasteiger partial charge in [-0.3, -0.25) is 0 Å². The second-order valence-corrected chi connectivity index (χ2v) is 4.76. The molecule has 1 aliphatic heterocycles. The van der Waals surface area contributed by atoms with Crippen molar-refractivity contribution in [3.63, 3.8) is 0 Å². The maximum atomic E-state index is 5.70. The fourth-order valence-electron chi connectivity index (χ4n) is 1.89. The molecule has 0 aliphatic carbocycles. The molecule has 2 heterocycles. The topological polar surface area (TPSA) is 64.3 Å². The third-order valence-electron chi connectivity index (χ3n) is 2.54. The first-order valence-corrected chi connectivity index (χ1v) is 6.06. The predicted octanol–water partition coefficient (Wildman–Crippen LogP) is 0.792. The Kier molecular flexibility index (Phi) is 3.73. The molecule has 2 atom stereocenters. The lowest BCUT2D eigenvalue weighted by Crippen LogP contribution is -2.49. The quantitative estimate of drug-likeness (QED) is 0.871. The second-order valence-electron chi connectivity index (χ2n) is 3.90. The number of nitrogens with two attached hydrogens (primary N) is 1. The summed E-state index contributed by atoms with van der Waals surface area (Å²) >= 11 is 3.45. The molecule has 1 aromatic heterocycles. The molecule has 0 spiro atoms. The van der Waals surface area contributed by atoms with E-state index in [1.807, 2.05) is 6.92 Å². The normalized spacial score (nSPS) is 25.8. The first-order chi connectivity index (χ1) is 7.70. The highest BCUT2D eigenvalue weighted by Gasteiger charge is 2.26. The molecular weight excluding hydrogens is 272 g/mol. The van der Waals surface area contributed by atoms with Gasteiger partial charge in [-0.15, -0.1) is 0 Å². The monoisotopic (exact) mass is 286 g/mol. The number of nitrogens with zero attached hydrogens (tertiary/aromatic N) is 3. The third kappa shape index (κ3) is 2.50. The second kappa shape index (κ2) is 5.07. The fraction of sp³-hybridized carbons (Fsp3) is 0.600. The maximum absolute atomic E-state index is 5.70. The molecule has 1 fully saturated rings. The number of hydrogen-bond acceptors (Lipinski definition) is 5. The van der Waals surface area contributed by atoms with E-state index in [4.69, 9.17) is 10.5 Å². The van der Waals surface area contributed by atoms with Crippen LogP contribution in [0, 0.1) is 0 Å². The lowest BCUT2D eigenvalue weighted by Gasteiger charge is -2.37. The Morgan fingerprint density at radius 2 is 2.44 bits per heavy atom. The van der Waals surface area contributed by atoms with Crippen LogP contribution in [-0.4, -0.2) is 41.8 Å². The van der Waals surface area contributed by atoms with E-state index in [2.05, 4.69) is 30.8 Å². The van der Waals surface area contributed by atoms with Crippen LogP contribution in [0.3, 0.4) is 0 Å². The van der Waals surface area contributed by atoms with Crippen LogP contribution in [0.5, 0.6) is 0 Å². The molecule has 0 radical (unpaired) electrons. The van der Waals surface area contributed by atoms with Gasteiger partial charge < -0.3 is 15.4 Å². The number of morpholine rings is 1. The molecule has 1 saturated heterocycles. The standard InChI is InChI=1S/C10H15BrN4O/c1-7-4-15(5-8(2-12)16-7)10-9(11)3-13-6-14-10/h3,6-8H,2,4-5,12H2,1H3. The summed E-state index contributed by atoms with van der Waals surface area (Å²) in [5.41, 5.74) is 5.65. The minimum Gasteiger partial charge on any atom is -0.370 e. The van der Waals surface area contributed by atoms with Gasteiger partial charge in [-0.2, -0.15) is 0 Å². The Morgan fingerprint density at radius 1 is 1.62 bits per heavy atom. The van der Waals surface area contributed by atoms with Crippen molar-refractivity contribution < 1.29 is 4.74 Å². The van der Waals surface area contributed by atoms with Crippen LogP contribution in [0.4, 0.5) is 5.82 Å². The summed E-state index contributed by atoms with van der Waals surface area (Å²) in [7, 11) is 0. The summed E-state index contributed by atoms with van der Waals surface area (Å²) in [6, 6.07) is 0. The van der Waals surface area contributed by atoms with E-state index in [0.717, 1.165) is 23.4 Å². The highest BCUT2D eigenvalue weighted by molar-refractivity contribution is 9.10. The summed E-state index contributed by atoms with van der Waals surface area (Å²) in [6.07, 6.45) is 3.55. The zero-order chi connectivity index (χ0) is 11.5. The largest absolute Gasteiger partial charge is 0.370 e. The highest BCUT2D eigenvalue weighted by Crippen LogP contribution is 2.25. The van der Waals surface area contributed by atoms with Gasteiger partial charge in [-0.05, 0) is 22.9 Å². The van der Waals surface area contributed by atoms with Crippen LogP contribution in [0.15, 0.2) is 17.0 Å². The number of ether oxygens (including phenoxy) is 1. The van der Waals surface area contributed by atoms with Crippen molar-refractivity contribution in [2.24, 2.45) is 5.73 Å². The molecule has 1 aliphatic rings. The summed E-state index contributed by atoms with van der Waals surface area (Å²) in [5.74, 6) is 0.906. The number of rotatable bonds is 2. The number of aromatic nitrogens is 2. The Bertz CT molecular complexity index is 362. The first-order valence-electron chi connectivity index (χ1n) is 5.26. The molecule has 88 valence electrons. The van der Waals surface area contributed by atoms with Crippen LogP contribution in [0.1, 0.15) is 6.92 Å². The molecule has 0 bridgehead atoms. The summed E-state index contributed by atoms with van der Waals surface area (Å²) in [5, 5.41) is 0. The van der Waals surface area contributed by atoms with Crippen molar-refractivity contribution in [2.45, 2.75) is 19.1 Å². The van der Waals surface area contributed by atoms with Gasteiger partial charge in [0.2, 0.25) is 0 Å². The molecule has 0 aromatic carbocycles. The van der Waals surface area contributed by atoms with E-state index >= 15 is 0 Å². The van der Waals surface area contributed by atoms with Crippen LogP contribution < -0.4 is 10.6 Å². The van der Waals surface area contributed by atoms with Gasteiger partial charge in [0.05, 0.1) is 16.7 Å². The predicted molar refractivity (Wildman–Crippen MR) is 65.3 cm³/mol. The molecule has 0 saturated carbocycles. The average Bonchev–Trinajstić information content (AvgIpc) is 2.28. The third-order valence-corrected chi connectivity index (χ3v) is 3.10. The smallest absolute Gasteiger partial charge is 0.146 e. The molecule has 2 rings (SSSR count). The fourth-order valence-corrected chi connectivity index (χ4v) is 2.36. The summed E-state index contributed by atoms with van der Waals surface area (Å²) in [6.45, 7) is 4.18. The Labute approximate surface area is 103 Å². The maximum Gasteiger partial charge on any atom is 0.146 e. The van der Waals surface area contributed by atoms with E-state index in [1.54, 1.807) is 12.5 Å². The molecule has 5 nitrogen and oxygen atoms in total. The minimum atomic E-state index is 0.0746. The number of halogens is 1. The van der Waals surface area contributed by atoms with Crippen molar-refractivity contribution in [1.82, 2.24) is 9.97 Å². The van der Waals surface area contributed by atoms with Gasteiger partial charge in [0.15, 0.2) is 0 Å². The van der Waals surface area contributed by atoms with Gasteiger partial charge in [-0.1, -0.05) is 0 Å². The number of anilines is 1. The molecule has 2 unspecified atom stereocenters. The van der Waals surface area contributed by atoms with Crippen molar-refractivity contribution in [1.29, 1.82) is 0 Å². The SMILES string of the molecule is CC1CN(c2ncncc2Br)CC(CN)O1. The van der Waals surface area contributed by atoms with Gasteiger partial charge in [0, 0.05) is 25.8 Å². The zero-order valence-corrected chi connectivity index (χ0v) is 10.7. The van der Waals surface area contributed by atoms with Gasteiger partial charge in [0.25, 0.3) is 0 Å². The first kappa shape index (κ1) is 11.8. The Hall–Kier alpha value is -0.720. The number of hydrogen-bond donors (Lipinski definition) is 1. The van der Waals surface area contributed by atoms with Crippen molar-refractivity contribution >= 4 is 21.7 Å². The highest BCUT2D eigenvalue weighted by atomic mass is 79.9. The Balaban J connectivity index is 2.17. The van der Waals surface area contributed by atoms with E-state index in [1.165, 1.54) is 0 Å². The van der Waals surface area contributed by atoms with E-state index in [-0.39, 0.29) is 12.2 Å². The molecule has 6 heteroatoms. The molecule has 1 aromatic rings. The van der Waals surface area contributed by atoms with Crippen LogP contribution >= 0.6 is 15.9 Å². The summed E-state index contributed by atoms with van der Waals surface area (Å²) < 4.78 is 6.60. The molecule has 2 N–H and O–H groups in total. The van der Waals surface area contributed by atoms with Gasteiger partial charge in [0.1, 0.15) is 12.1 Å². The van der Waals surface area contributed by atoms with Gasteiger partial charge >= 0.3 is 0 Å².